The van der Waals surface area contributed by atoms with Crippen LogP contribution in [0.15, 0.2) is 24.3 Å². The Balaban J connectivity index is 3.37. The summed E-state index contributed by atoms with van der Waals surface area (Å²) >= 11 is 0. The third-order valence-corrected chi connectivity index (χ3v) is 1.35. The van der Waals surface area contributed by atoms with Gasteiger partial charge in [-0.25, -0.2) is 0 Å². The second kappa shape index (κ2) is 6.56. The number of allylic oxidation sites excluding steroid dienone is 2. The van der Waals surface area contributed by atoms with E-state index in [0.29, 0.717) is 0 Å². The molecule has 0 aromatic rings. The Morgan fingerprint density at radius 1 is 1.60 bits per heavy atom. The van der Waals surface area contributed by atoms with Crippen LogP contribution in [0.25, 0.3) is 0 Å². The van der Waals surface area contributed by atoms with Gasteiger partial charge in [0.05, 0.1) is 0 Å². The van der Waals surface area contributed by atoms with Crippen LogP contribution >= 0.6 is 0 Å². The van der Waals surface area contributed by atoms with Crippen molar-refractivity contribution in [2.75, 3.05) is 13.6 Å². The number of nitrogens with one attached hydrogen (secondary N) is 1. The van der Waals surface area contributed by atoms with Gasteiger partial charge < -0.3 is 5.32 Å². The van der Waals surface area contributed by atoms with Crippen molar-refractivity contribution in [3.05, 3.63) is 24.3 Å². The summed E-state index contributed by atoms with van der Waals surface area (Å²) in [5.41, 5.74) is 1.41. The molecule has 0 aromatic carbocycles. The molecule has 1 N–H and O–H groups in total. The van der Waals surface area contributed by atoms with Crippen molar-refractivity contribution in [3.63, 3.8) is 0 Å². The molecule has 0 atom stereocenters. The maximum Gasteiger partial charge on any atom is -0.00172 e. The van der Waals surface area contributed by atoms with Crippen molar-refractivity contribution in [3.8, 4) is 0 Å². The summed E-state index contributed by atoms with van der Waals surface area (Å²) in [7, 11) is 1.97. The van der Waals surface area contributed by atoms with Crippen LogP contribution in [0.3, 0.4) is 0 Å². The minimum Gasteiger partial charge on any atom is -0.319 e. The molecule has 58 valence electrons. The first-order valence-electron chi connectivity index (χ1n) is 3.72. The number of hydrogen-bond acceptors (Lipinski definition) is 1. The lowest BCUT2D eigenvalue weighted by molar-refractivity contribution is 0.803. The Morgan fingerprint density at radius 2 is 2.30 bits per heavy atom. The van der Waals surface area contributed by atoms with Crippen molar-refractivity contribution in [1.82, 2.24) is 5.32 Å². The van der Waals surface area contributed by atoms with Crippen LogP contribution in [0.5, 0.6) is 0 Å². The topological polar surface area (TPSA) is 12.0 Å². The van der Waals surface area contributed by atoms with Crippen LogP contribution in [0.4, 0.5) is 0 Å². The second-order valence-corrected chi connectivity index (χ2v) is 2.44. The zero-order valence-corrected chi connectivity index (χ0v) is 6.98. The van der Waals surface area contributed by atoms with E-state index in [1.807, 2.05) is 13.1 Å². The average molecular weight is 139 g/mol. The molecule has 0 fully saturated rings. The summed E-state index contributed by atoms with van der Waals surface area (Å²) < 4.78 is 0. The van der Waals surface area contributed by atoms with Gasteiger partial charge in [0.25, 0.3) is 0 Å². The van der Waals surface area contributed by atoms with Gasteiger partial charge in [-0.15, -0.1) is 6.58 Å². The molecule has 0 saturated carbocycles. The molecule has 0 aliphatic heterocycles. The van der Waals surface area contributed by atoms with E-state index in [-0.39, 0.29) is 0 Å². The molecule has 0 aliphatic rings. The predicted octanol–water partition coefficient (Wildman–Crippen LogP) is 2.12. The van der Waals surface area contributed by atoms with Crippen molar-refractivity contribution >= 4 is 0 Å². The summed E-state index contributed by atoms with van der Waals surface area (Å²) in [6, 6.07) is 0. The van der Waals surface area contributed by atoms with E-state index in [2.05, 4.69) is 24.9 Å². The SMILES string of the molecule is C=CCC(C)=CCCNC. The van der Waals surface area contributed by atoms with Crippen molar-refractivity contribution in [2.45, 2.75) is 19.8 Å². The van der Waals surface area contributed by atoms with Gasteiger partial charge in [0.15, 0.2) is 0 Å². The van der Waals surface area contributed by atoms with Crippen molar-refractivity contribution in [1.29, 1.82) is 0 Å². The van der Waals surface area contributed by atoms with Gasteiger partial charge >= 0.3 is 0 Å². The quantitative estimate of drug-likeness (QED) is 0.454. The van der Waals surface area contributed by atoms with E-state index in [4.69, 9.17) is 0 Å². The molecule has 1 nitrogen and oxygen atoms in total. The molecule has 0 rings (SSSR count). The molecule has 0 aromatic heterocycles. The standard InChI is InChI=1S/C9H17N/c1-4-6-9(2)7-5-8-10-3/h4,7,10H,1,5-6,8H2,2-3H3. The summed E-state index contributed by atoms with van der Waals surface area (Å²) in [4.78, 5) is 0. The first-order chi connectivity index (χ1) is 4.81. The molecule has 0 amide bonds. The highest BCUT2D eigenvalue weighted by atomic mass is 14.8. The van der Waals surface area contributed by atoms with Crippen LogP contribution in [0.2, 0.25) is 0 Å². The lowest BCUT2D eigenvalue weighted by atomic mass is 10.2. The minimum absolute atomic E-state index is 1.02. The molecule has 10 heavy (non-hydrogen) atoms. The maximum absolute atomic E-state index is 3.67. The minimum atomic E-state index is 1.02. The molecular formula is C9H17N. The Kier molecular flexibility index (Phi) is 6.19. The monoisotopic (exact) mass is 139 g/mol. The maximum atomic E-state index is 3.67. The smallest absolute Gasteiger partial charge is 0.00172 e. The van der Waals surface area contributed by atoms with Crippen molar-refractivity contribution < 1.29 is 0 Å². The fourth-order valence-corrected chi connectivity index (χ4v) is 0.774. The zero-order chi connectivity index (χ0) is 7.82. The molecule has 0 unspecified atom stereocenters. The normalized spacial score (nSPS) is 11.6. The third-order valence-electron chi connectivity index (χ3n) is 1.35. The van der Waals surface area contributed by atoms with Gasteiger partial charge in [0.2, 0.25) is 0 Å². The van der Waals surface area contributed by atoms with E-state index in [9.17, 15) is 0 Å². The molecular weight excluding hydrogens is 122 g/mol. The molecule has 0 saturated heterocycles. The summed E-state index contributed by atoms with van der Waals surface area (Å²) in [6.07, 6.45) is 6.32. The van der Waals surface area contributed by atoms with E-state index < -0.39 is 0 Å². The fourth-order valence-electron chi connectivity index (χ4n) is 0.774. The van der Waals surface area contributed by atoms with Crippen molar-refractivity contribution in [2.24, 2.45) is 0 Å². The average Bonchev–Trinajstić information content (AvgIpc) is 1.89. The number of hydrogen-bond donors (Lipinski definition) is 1. The van der Waals surface area contributed by atoms with Crippen LogP contribution < -0.4 is 5.32 Å². The highest BCUT2D eigenvalue weighted by molar-refractivity contribution is 5.02. The second-order valence-electron chi connectivity index (χ2n) is 2.44. The van der Waals surface area contributed by atoms with E-state index >= 15 is 0 Å². The summed E-state index contributed by atoms with van der Waals surface area (Å²) in [6.45, 7) is 6.87. The summed E-state index contributed by atoms with van der Waals surface area (Å²) in [5.74, 6) is 0. The molecule has 0 heterocycles. The fraction of sp³-hybridized carbons (Fsp3) is 0.556. The summed E-state index contributed by atoms with van der Waals surface area (Å²) in [5, 5.41) is 3.09. The lowest BCUT2D eigenvalue weighted by Gasteiger charge is -1.95. The van der Waals surface area contributed by atoms with E-state index in [1.54, 1.807) is 0 Å². The predicted molar refractivity (Wildman–Crippen MR) is 47.1 cm³/mol. The van der Waals surface area contributed by atoms with Gasteiger partial charge in [-0.1, -0.05) is 17.7 Å². The Bertz CT molecular complexity index is 114. The first kappa shape index (κ1) is 9.44. The van der Waals surface area contributed by atoms with Gasteiger partial charge in [0, 0.05) is 0 Å². The first-order valence-corrected chi connectivity index (χ1v) is 3.72. The Labute approximate surface area is 63.8 Å². The van der Waals surface area contributed by atoms with Crippen LogP contribution in [0.1, 0.15) is 19.8 Å². The third kappa shape index (κ3) is 5.57. The molecule has 0 bridgehead atoms. The molecule has 0 spiro atoms. The van der Waals surface area contributed by atoms with Gasteiger partial charge in [-0.3, -0.25) is 0 Å². The number of rotatable bonds is 5. The van der Waals surface area contributed by atoms with Crippen LogP contribution in [-0.4, -0.2) is 13.6 Å². The molecule has 1 heteroatoms. The molecule has 0 aliphatic carbocycles. The van der Waals surface area contributed by atoms with Gasteiger partial charge in [0.1, 0.15) is 0 Å². The van der Waals surface area contributed by atoms with Crippen LogP contribution in [0, 0.1) is 0 Å². The van der Waals surface area contributed by atoms with Gasteiger partial charge in [-0.2, -0.15) is 0 Å². The Hall–Kier alpha value is -0.560. The van der Waals surface area contributed by atoms with Gasteiger partial charge in [-0.05, 0) is 33.4 Å². The van der Waals surface area contributed by atoms with E-state index in [0.717, 1.165) is 19.4 Å². The Morgan fingerprint density at radius 3 is 2.80 bits per heavy atom. The highest BCUT2D eigenvalue weighted by Crippen LogP contribution is 2.00. The van der Waals surface area contributed by atoms with E-state index in [1.165, 1.54) is 5.57 Å². The largest absolute Gasteiger partial charge is 0.319 e. The highest BCUT2D eigenvalue weighted by Gasteiger charge is 1.83. The molecule has 0 radical (unpaired) electrons. The lowest BCUT2D eigenvalue weighted by Crippen LogP contribution is -2.05. The van der Waals surface area contributed by atoms with Crippen LogP contribution in [-0.2, 0) is 0 Å². The zero-order valence-electron chi connectivity index (χ0n) is 6.98.